The van der Waals surface area contributed by atoms with Gasteiger partial charge in [0, 0.05) is 39.3 Å². The van der Waals surface area contributed by atoms with Crippen LogP contribution in [0.15, 0.2) is 36.5 Å². The number of hydrogen-bond donors (Lipinski definition) is 1. The van der Waals surface area contributed by atoms with Crippen molar-refractivity contribution in [3.05, 3.63) is 42.1 Å². The van der Waals surface area contributed by atoms with E-state index in [0.717, 1.165) is 17.7 Å². The van der Waals surface area contributed by atoms with E-state index in [0.29, 0.717) is 25.3 Å². The van der Waals surface area contributed by atoms with Crippen LogP contribution in [0, 0.1) is 0 Å². The first-order valence-corrected chi connectivity index (χ1v) is 8.82. The summed E-state index contributed by atoms with van der Waals surface area (Å²) in [6, 6.07) is 9.60. The highest BCUT2D eigenvalue weighted by atomic mass is 16.2. The first kappa shape index (κ1) is 18.0. The number of likely N-dealkylation sites (tertiary alicyclic amines) is 1. The van der Waals surface area contributed by atoms with E-state index in [-0.39, 0.29) is 11.8 Å². The zero-order chi connectivity index (χ0) is 18.7. The summed E-state index contributed by atoms with van der Waals surface area (Å²) in [5.74, 6) is 0.432. The Morgan fingerprint density at radius 3 is 2.62 bits per heavy atom. The maximum atomic E-state index is 12.6. The van der Waals surface area contributed by atoms with Crippen molar-refractivity contribution in [2.75, 3.05) is 30.9 Å². The molecule has 7 nitrogen and oxygen atoms in total. The van der Waals surface area contributed by atoms with E-state index in [1.54, 1.807) is 21.8 Å². The molecule has 26 heavy (non-hydrogen) atoms. The highest BCUT2D eigenvalue weighted by molar-refractivity contribution is 5.96. The minimum absolute atomic E-state index is 0.0582. The fraction of sp³-hybridized carbons (Fsp3) is 0.421. The van der Waals surface area contributed by atoms with Gasteiger partial charge in [0.2, 0.25) is 11.8 Å². The molecular formula is C19H25N5O2. The number of benzene rings is 1. The molecule has 1 saturated heterocycles. The molecule has 2 aromatic rings. The summed E-state index contributed by atoms with van der Waals surface area (Å²) in [7, 11) is 4.01. The highest BCUT2D eigenvalue weighted by Gasteiger charge is 2.32. The van der Waals surface area contributed by atoms with E-state index in [9.17, 15) is 9.59 Å². The molecular weight excluding hydrogens is 330 g/mol. The van der Waals surface area contributed by atoms with Gasteiger partial charge < -0.3 is 15.1 Å². The fourth-order valence-electron chi connectivity index (χ4n) is 3.26. The van der Waals surface area contributed by atoms with E-state index in [1.807, 2.05) is 19.0 Å². The number of rotatable bonds is 5. The maximum Gasteiger partial charge on any atom is 0.248 e. The smallest absolute Gasteiger partial charge is 0.248 e. The Bertz CT molecular complexity index is 781. The van der Waals surface area contributed by atoms with Crippen LogP contribution in [-0.4, -0.2) is 53.2 Å². The number of aromatic nitrogens is 2. The summed E-state index contributed by atoms with van der Waals surface area (Å²) in [6.07, 6.45) is 3.22. The summed E-state index contributed by atoms with van der Waals surface area (Å²) < 4.78 is 1.76. The lowest BCUT2D eigenvalue weighted by atomic mass is 10.2. The minimum Gasteiger partial charge on any atom is -0.378 e. The molecule has 138 valence electrons. The second kappa shape index (κ2) is 7.59. The third-order valence-corrected chi connectivity index (χ3v) is 4.71. The van der Waals surface area contributed by atoms with Crippen LogP contribution in [0.25, 0.3) is 0 Å². The van der Waals surface area contributed by atoms with Crippen LogP contribution in [0.1, 0.15) is 25.3 Å². The van der Waals surface area contributed by atoms with Crippen molar-refractivity contribution < 1.29 is 9.59 Å². The van der Waals surface area contributed by atoms with Crippen molar-refractivity contribution in [1.82, 2.24) is 14.7 Å². The SMILES string of the molecule is CC(=O)N1CCCC1C(=O)Nc1ccnn1Cc1ccc(N(C)C)cc1. The second-order valence-corrected chi connectivity index (χ2v) is 6.79. The van der Waals surface area contributed by atoms with Crippen LogP contribution in [0.3, 0.4) is 0 Å². The molecule has 1 aromatic heterocycles. The number of hydrogen-bond acceptors (Lipinski definition) is 4. The van der Waals surface area contributed by atoms with E-state index < -0.39 is 6.04 Å². The van der Waals surface area contributed by atoms with Crippen LogP contribution < -0.4 is 10.2 Å². The average Bonchev–Trinajstić information content (AvgIpc) is 3.25. The van der Waals surface area contributed by atoms with E-state index in [4.69, 9.17) is 0 Å². The Morgan fingerprint density at radius 1 is 1.23 bits per heavy atom. The van der Waals surface area contributed by atoms with Gasteiger partial charge in [-0.25, -0.2) is 4.68 Å². The van der Waals surface area contributed by atoms with Crippen LogP contribution in [0.4, 0.5) is 11.5 Å². The molecule has 0 radical (unpaired) electrons. The molecule has 3 rings (SSSR count). The molecule has 1 aliphatic rings. The van der Waals surface area contributed by atoms with Gasteiger partial charge >= 0.3 is 0 Å². The van der Waals surface area contributed by atoms with Gasteiger partial charge in [-0.15, -0.1) is 0 Å². The number of amides is 2. The first-order chi connectivity index (χ1) is 12.5. The van der Waals surface area contributed by atoms with Gasteiger partial charge in [-0.3, -0.25) is 9.59 Å². The maximum absolute atomic E-state index is 12.6. The standard InChI is InChI=1S/C19H25N5O2/c1-14(25)23-12-4-5-17(23)19(26)21-18-10-11-20-24(18)13-15-6-8-16(9-7-15)22(2)3/h6-11,17H,4-5,12-13H2,1-3H3,(H,21,26). The molecule has 0 saturated carbocycles. The topological polar surface area (TPSA) is 70.5 Å². The summed E-state index contributed by atoms with van der Waals surface area (Å²) in [6.45, 7) is 2.72. The molecule has 2 heterocycles. The Morgan fingerprint density at radius 2 is 1.96 bits per heavy atom. The molecule has 1 atom stereocenters. The van der Waals surface area contributed by atoms with E-state index >= 15 is 0 Å². The molecule has 1 N–H and O–H groups in total. The summed E-state index contributed by atoms with van der Waals surface area (Å²) >= 11 is 0. The molecule has 1 aliphatic heterocycles. The lowest BCUT2D eigenvalue weighted by molar-refractivity contribution is -0.134. The predicted octanol–water partition coefficient (Wildman–Crippen LogP) is 1.95. The van der Waals surface area contributed by atoms with Crippen LogP contribution in [-0.2, 0) is 16.1 Å². The van der Waals surface area contributed by atoms with Crippen LogP contribution >= 0.6 is 0 Å². The lowest BCUT2D eigenvalue weighted by Crippen LogP contribution is -2.42. The van der Waals surface area contributed by atoms with Gasteiger partial charge in [-0.2, -0.15) is 5.10 Å². The first-order valence-electron chi connectivity index (χ1n) is 8.82. The number of nitrogens with zero attached hydrogens (tertiary/aromatic N) is 4. The number of anilines is 2. The molecule has 1 fully saturated rings. The summed E-state index contributed by atoms with van der Waals surface area (Å²) in [4.78, 5) is 28.0. The highest BCUT2D eigenvalue weighted by Crippen LogP contribution is 2.20. The number of nitrogens with one attached hydrogen (secondary N) is 1. The zero-order valence-electron chi connectivity index (χ0n) is 15.5. The molecule has 7 heteroatoms. The van der Waals surface area contributed by atoms with Gasteiger partial charge in [-0.1, -0.05) is 12.1 Å². The van der Waals surface area contributed by atoms with Gasteiger partial charge in [0.1, 0.15) is 11.9 Å². The van der Waals surface area contributed by atoms with Gasteiger partial charge in [0.05, 0.1) is 12.7 Å². The average molecular weight is 355 g/mol. The van der Waals surface area contributed by atoms with Crippen molar-refractivity contribution in [2.45, 2.75) is 32.4 Å². The minimum atomic E-state index is -0.393. The molecule has 2 amide bonds. The van der Waals surface area contributed by atoms with Gasteiger partial charge in [0.25, 0.3) is 0 Å². The monoisotopic (exact) mass is 355 g/mol. The Hall–Kier alpha value is -2.83. The third kappa shape index (κ3) is 3.87. The van der Waals surface area contributed by atoms with Crippen molar-refractivity contribution in [1.29, 1.82) is 0 Å². The summed E-state index contributed by atoms with van der Waals surface area (Å²) in [5, 5.41) is 7.24. The largest absolute Gasteiger partial charge is 0.378 e. The van der Waals surface area contributed by atoms with E-state index in [2.05, 4.69) is 34.7 Å². The quantitative estimate of drug-likeness (QED) is 0.890. The van der Waals surface area contributed by atoms with Gasteiger partial charge in [0.15, 0.2) is 0 Å². The van der Waals surface area contributed by atoms with Crippen LogP contribution in [0.2, 0.25) is 0 Å². The van der Waals surface area contributed by atoms with Crippen molar-refractivity contribution in [3.63, 3.8) is 0 Å². The Balaban J connectivity index is 1.68. The molecule has 0 aliphatic carbocycles. The van der Waals surface area contributed by atoms with Gasteiger partial charge in [-0.05, 0) is 30.5 Å². The van der Waals surface area contributed by atoms with Crippen LogP contribution in [0.5, 0.6) is 0 Å². The van der Waals surface area contributed by atoms with Crippen molar-refractivity contribution >= 4 is 23.3 Å². The molecule has 1 unspecified atom stereocenters. The lowest BCUT2D eigenvalue weighted by Gasteiger charge is -2.22. The Kier molecular flexibility index (Phi) is 5.25. The normalized spacial score (nSPS) is 16.6. The molecule has 0 spiro atoms. The summed E-state index contributed by atoms with van der Waals surface area (Å²) in [5.41, 5.74) is 2.23. The Labute approximate surface area is 153 Å². The predicted molar refractivity (Wildman–Crippen MR) is 101 cm³/mol. The zero-order valence-corrected chi connectivity index (χ0v) is 15.5. The number of carbonyl (C=O) groups is 2. The molecule has 1 aromatic carbocycles. The number of carbonyl (C=O) groups excluding carboxylic acids is 2. The third-order valence-electron chi connectivity index (χ3n) is 4.71. The van der Waals surface area contributed by atoms with Crippen molar-refractivity contribution in [2.24, 2.45) is 0 Å². The second-order valence-electron chi connectivity index (χ2n) is 6.79. The fourth-order valence-corrected chi connectivity index (χ4v) is 3.26. The molecule has 0 bridgehead atoms. The van der Waals surface area contributed by atoms with E-state index in [1.165, 1.54) is 6.92 Å². The van der Waals surface area contributed by atoms with Crippen molar-refractivity contribution in [3.8, 4) is 0 Å².